The fourth-order valence-electron chi connectivity index (χ4n) is 1.41. The van der Waals surface area contributed by atoms with Crippen molar-refractivity contribution in [3.8, 4) is 11.4 Å². The van der Waals surface area contributed by atoms with Crippen molar-refractivity contribution in [3.63, 3.8) is 0 Å². The number of nitrogens with two attached hydrogens (primary N) is 1. The van der Waals surface area contributed by atoms with Crippen LogP contribution >= 0.6 is 11.6 Å². The first kappa shape index (κ1) is 8.57. The number of hydrogen-bond donors (Lipinski definition) is 2. The summed E-state index contributed by atoms with van der Waals surface area (Å²) in [5.41, 5.74) is 6.67. The molecule has 1 atom stereocenters. The lowest BCUT2D eigenvalue weighted by molar-refractivity contribution is 0.268. The molecule has 0 fully saturated rings. The van der Waals surface area contributed by atoms with Gasteiger partial charge in [-0.3, -0.25) is 0 Å². The highest BCUT2D eigenvalue weighted by molar-refractivity contribution is 6.33. The Bertz CT molecular complexity index is 615. The standard InChI is InChI=1S/C10H12ClN5O/c1-16-10(13-14-15-16)7-4-6(9(12)5-17)2-3-8(7)11/h2-4,9,17H,5,12H2,1H3/t9-/m1/s1/i1D3. The molecule has 1 aromatic heterocycles. The lowest BCUT2D eigenvalue weighted by Crippen LogP contribution is -2.14. The van der Waals surface area contributed by atoms with E-state index >= 15 is 0 Å². The van der Waals surface area contributed by atoms with Crippen LogP contribution in [0.4, 0.5) is 0 Å². The van der Waals surface area contributed by atoms with Gasteiger partial charge in [0, 0.05) is 16.7 Å². The quantitative estimate of drug-likeness (QED) is 0.836. The summed E-state index contributed by atoms with van der Waals surface area (Å²) in [6.45, 7) is -2.76. The predicted octanol–water partition coefficient (Wildman–Crippen LogP) is 0.523. The van der Waals surface area contributed by atoms with E-state index in [9.17, 15) is 0 Å². The van der Waals surface area contributed by atoms with Gasteiger partial charge in [-0.1, -0.05) is 17.7 Å². The predicted molar refractivity (Wildman–Crippen MR) is 63.3 cm³/mol. The van der Waals surface area contributed by atoms with Crippen molar-refractivity contribution in [3.05, 3.63) is 28.8 Å². The molecule has 2 aromatic rings. The van der Waals surface area contributed by atoms with E-state index in [0.29, 0.717) is 20.8 Å². The number of aryl methyl sites for hydroxylation is 1. The largest absolute Gasteiger partial charge is 0.394 e. The monoisotopic (exact) mass is 256 g/mol. The number of aromatic nitrogens is 4. The molecule has 0 saturated carbocycles. The number of hydrogen-bond acceptors (Lipinski definition) is 5. The van der Waals surface area contributed by atoms with Gasteiger partial charge in [-0.05, 0) is 28.1 Å². The van der Waals surface area contributed by atoms with E-state index in [0.717, 1.165) is 0 Å². The molecule has 0 bridgehead atoms. The van der Waals surface area contributed by atoms with Gasteiger partial charge >= 0.3 is 0 Å². The molecule has 1 aromatic carbocycles. The van der Waals surface area contributed by atoms with Gasteiger partial charge in [-0.2, -0.15) is 0 Å². The highest BCUT2D eigenvalue weighted by Gasteiger charge is 2.13. The van der Waals surface area contributed by atoms with Crippen LogP contribution in [0, 0.1) is 0 Å². The van der Waals surface area contributed by atoms with E-state index in [4.69, 9.17) is 26.6 Å². The Morgan fingerprint density at radius 1 is 1.65 bits per heavy atom. The SMILES string of the molecule is [2H]C([2H])([2H])n1nnnc1-c1cc([C@H](N)CO)ccc1Cl. The number of benzene rings is 1. The average molecular weight is 257 g/mol. The number of rotatable bonds is 3. The normalized spacial score (nSPS) is 16.1. The van der Waals surface area contributed by atoms with E-state index in [1.165, 1.54) is 0 Å². The fourth-order valence-corrected chi connectivity index (χ4v) is 1.61. The first-order valence-electron chi connectivity index (χ1n) is 6.29. The second kappa shape index (κ2) is 4.79. The number of halogens is 1. The topological polar surface area (TPSA) is 89.9 Å². The minimum atomic E-state index is -2.52. The van der Waals surface area contributed by atoms with Crippen LogP contribution in [0.25, 0.3) is 11.4 Å². The molecule has 2 rings (SSSR count). The van der Waals surface area contributed by atoms with Gasteiger partial charge in [0.1, 0.15) is 0 Å². The fraction of sp³-hybridized carbons (Fsp3) is 0.300. The zero-order valence-corrected chi connectivity index (χ0v) is 9.46. The first-order chi connectivity index (χ1) is 9.34. The van der Waals surface area contributed by atoms with E-state index < -0.39 is 13.0 Å². The maximum absolute atomic E-state index is 9.07. The molecule has 0 aliphatic rings. The van der Waals surface area contributed by atoms with E-state index in [2.05, 4.69) is 15.5 Å². The Morgan fingerprint density at radius 3 is 3.18 bits per heavy atom. The van der Waals surface area contributed by atoms with Gasteiger partial charge in [0.25, 0.3) is 0 Å². The van der Waals surface area contributed by atoms with Crippen LogP contribution in [0.5, 0.6) is 0 Å². The maximum atomic E-state index is 9.07. The van der Waals surface area contributed by atoms with Crippen molar-refractivity contribution in [2.75, 3.05) is 6.61 Å². The zero-order chi connectivity index (χ0) is 14.9. The molecule has 17 heavy (non-hydrogen) atoms. The third-order valence-corrected chi connectivity index (χ3v) is 2.66. The van der Waals surface area contributed by atoms with Crippen molar-refractivity contribution >= 4 is 11.6 Å². The Balaban J connectivity index is 2.56. The highest BCUT2D eigenvalue weighted by Crippen LogP contribution is 2.28. The molecule has 0 radical (unpaired) electrons. The third-order valence-electron chi connectivity index (χ3n) is 2.33. The molecule has 0 aliphatic carbocycles. The van der Waals surface area contributed by atoms with Gasteiger partial charge < -0.3 is 10.8 Å². The van der Waals surface area contributed by atoms with Crippen molar-refractivity contribution in [1.29, 1.82) is 0 Å². The summed E-state index contributed by atoms with van der Waals surface area (Å²) < 4.78 is 22.8. The molecule has 3 N–H and O–H groups in total. The molecule has 7 heteroatoms. The average Bonchev–Trinajstić information content (AvgIpc) is 2.87. The Morgan fingerprint density at radius 2 is 2.47 bits per heavy atom. The van der Waals surface area contributed by atoms with Crippen LogP contribution in [0.3, 0.4) is 0 Å². The number of tetrazole rings is 1. The Hall–Kier alpha value is -1.50. The Labute approximate surface area is 107 Å². The molecule has 6 nitrogen and oxygen atoms in total. The van der Waals surface area contributed by atoms with Gasteiger partial charge in [0.2, 0.25) is 0 Å². The van der Waals surface area contributed by atoms with Crippen LogP contribution in [0.1, 0.15) is 15.7 Å². The van der Waals surface area contributed by atoms with Crippen molar-refractivity contribution in [2.24, 2.45) is 12.7 Å². The van der Waals surface area contributed by atoms with Crippen LogP contribution < -0.4 is 5.73 Å². The van der Waals surface area contributed by atoms with Crippen LogP contribution in [0.15, 0.2) is 18.2 Å². The summed E-state index contributed by atoms with van der Waals surface area (Å²) in [5, 5.41) is 19.9. The summed E-state index contributed by atoms with van der Waals surface area (Å²) in [6.07, 6.45) is 0. The minimum Gasteiger partial charge on any atom is -0.394 e. The molecular formula is C10H12ClN5O. The molecule has 1 heterocycles. The maximum Gasteiger partial charge on any atom is 0.183 e. The summed E-state index contributed by atoms with van der Waals surface area (Å²) in [6, 6.07) is 4.18. The molecule has 0 spiro atoms. The van der Waals surface area contributed by atoms with Crippen LogP contribution in [-0.2, 0) is 6.98 Å². The summed E-state index contributed by atoms with van der Waals surface area (Å²) in [7, 11) is 0. The third kappa shape index (κ3) is 2.28. The molecular weight excluding hydrogens is 242 g/mol. The summed E-state index contributed by atoms with van der Waals surface area (Å²) in [4.78, 5) is 0. The molecule has 0 saturated heterocycles. The number of aliphatic hydroxyl groups excluding tert-OH is 1. The van der Waals surface area contributed by atoms with E-state index in [1.807, 2.05) is 0 Å². The lowest BCUT2D eigenvalue weighted by atomic mass is 10.0. The smallest absolute Gasteiger partial charge is 0.183 e. The zero-order valence-electron chi connectivity index (χ0n) is 11.7. The van der Waals surface area contributed by atoms with Crippen LogP contribution in [-0.4, -0.2) is 31.9 Å². The lowest BCUT2D eigenvalue weighted by Gasteiger charge is -2.11. The van der Waals surface area contributed by atoms with Gasteiger partial charge in [-0.25, -0.2) is 4.68 Å². The molecule has 0 aliphatic heterocycles. The molecule has 90 valence electrons. The van der Waals surface area contributed by atoms with Crippen LogP contribution in [0.2, 0.25) is 5.02 Å². The number of nitrogens with zero attached hydrogens (tertiary/aromatic N) is 4. The second-order valence-corrected chi connectivity index (χ2v) is 3.85. The van der Waals surface area contributed by atoms with E-state index in [1.54, 1.807) is 18.2 Å². The van der Waals surface area contributed by atoms with Gasteiger partial charge in [0.15, 0.2) is 5.82 Å². The second-order valence-electron chi connectivity index (χ2n) is 3.44. The van der Waals surface area contributed by atoms with Crippen molar-refractivity contribution in [1.82, 2.24) is 20.2 Å². The van der Waals surface area contributed by atoms with Crippen molar-refractivity contribution in [2.45, 2.75) is 6.04 Å². The minimum absolute atomic E-state index is 0.0157. The van der Waals surface area contributed by atoms with Gasteiger partial charge in [0.05, 0.1) is 17.7 Å². The number of aliphatic hydroxyl groups is 1. The summed E-state index contributed by atoms with van der Waals surface area (Å²) in [5.74, 6) is 0.0157. The molecule has 0 unspecified atom stereocenters. The Kier molecular flexibility index (Phi) is 2.41. The first-order valence-corrected chi connectivity index (χ1v) is 5.17. The highest BCUT2D eigenvalue weighted by atomic mass is 35.5. The molecule has 0 amide bonds. The van der Waals surface area contributed by atoms with E-state index in [-0.39, 0.29) is 12.4 Å². The van der Waals surface area contributed by atoms with Gasteiger partial charge in [-0.15, -0.1) is 5.10 Å². The summed E-state index contributed by atoms with van der Waals surface area (Å²) >= 11 is 6.06. The van der Waals surface area contributed by atoms with Crippen molar-refractivity contribution < 1.29 is 9.22 Å².